The summed E-state index contributed by atoms with van der Waals surface area (Å²) in [6.45, 7) is 9.78. The first-order valence-electron chi connectivity index (χ1n) is 5.63. The van der Waals surface area contributed by atoms with Crippen LogP contribution in [0.5, 0.6) is 0 Å². The highest BCUT2D eigenvalue weighted by Crippen LogP contribution is 2.11. The summed E-state index contributed by atoms with van der Waals surface area (Å²) >= 11 is 0. The second-order valence-electron chi connectivity index (χ2n) is 4.69. The molecule has 0 bridgehead atoms. The Bertz CT molecular complexity index is 153. The van der Waals surface area contributed by atoms with Crippen LogP contribution in [0.25, 0.3) is 0 Å². The lowest BCUT2D eigenvalue weighted by molar-refractivity contribution is 0.0364. The fourth-order valence-corrected chi connectivity index (χ4v) is 1.69. The van der Waals surface area contributed by atoms with E-state index in [2.05, 4.69) is 24.1 Å². The first kappa shape index (κ1) is 12.0. The Morgan fingerprint density at radius 1 is 1.29 bits per heavy atom. The van der Waals surface area contributed by atoms with Crippen LogP contribution in [-0.4, -0.2) is 50.3 Å². The molecule has 1 rings (SSSR count). The molecule has 1 heterocycles. The minimum absolute atomic E-state index is 0.284. The Labute approximate surface area is 87.8 Å². The number of hydrogen-bond donors (Lipinski definition) is 1. The Balaban J connectivity index is 2.08. The van der Waals surface area contributed by atoms with Crippen LogP contribution >= 0.6 is 0 Å². The van der Waals surface area contributed by atoms with Gasteiger partial charge in [0.05, 0.1) is 13.2 Å². The Morgan fingerprint density at radius 2 is 1.93 bits per heavy atom. The highest BCUT2D eigenvalue weighted by atomic mass is 16.5. The summed E-state index contributed by atoms with van der Waals surface area (Å²) in [6, 6.07) is 0. The first-order valence-corrected chi connectivity index (χ1v) is 5.63. The summed E-state index contributed by atoms with van der Waals surface area (Å²) in [5, 5.41) is 3.34. The number of nitrogens with one attached hydrogen (secondary N) is 1. The molecule has 1 fully saturated rings. The molecule has 3 heteroatoms. The van der Waals surface area contributed by atoms with Gasteiger partial charge in [0.2, 0.25) is 0 Å². The van der Waals surface area contributed by atoms with Crippen molar-refractivity contribution in [1.29, 1.82) is 0 Å². The van der Waals surface area contributed by atoms with Crippen molar-refractivity contribution in [2.75, 3.05) is 39.9 Å². The highest BCUT2D eigenvalue weighted by molar-refractivity contribution is 4.75. The van der Waals surface area contributed by atoms with Gasteiger partial charge in [-0.15, -0.1) is 0 Å². The minimum Gasteiger partial charge on any atom is -0.379 e. The van der Waals surface area contributed by atoms with E-state index in [0.29, 0.717) is 0 Å². The van der Waals surface area contributed by atoms with Gasteiger partial charge in [0.1, 0.15) is 0 Å². The molecule has 0 radical (unpaired) electrons. The number of rotatable bonds is 5. The molecule has 0 aliphatic carbocycles. The van der Waals surface area contributed by atoms with Gasteiger partial charge in [-0.05, 0) is 40.3 Å². The zero-order valence-electron chi connectivity index (χ0n) is 9.81. The van der Waals surface area contributed by atoms with Crippen LogP contribution in [-0.2, 0) is 4.74 Å². The lowest BCUT2D eigenvalue weighted by Gasteiger charge is -2.29. The molecule has 14 heavy (non-hydrogen) atoms. The maximum absolute atomic E-state index is 5.31. The van der Waals surface area contributed by atoms with Gasteiger partial charge in [-0.3, -0.25) is 4.90 Å². The summed E-state index contributed by atoms with van der Waals surface area (Å²) in [5.41, 5.74) is 0.284. The zero-order chi connectivity index (χ0) is 10.4. The number of ether oxygens (including phenoxy) is 1. The smallest absolute Gasteiger partial charge is 0.0594 e. The third kappa shape index (κ3) is 4.40. The molecule has 0 unspecified atom stereocenters. The van der Waals surface area contributed by atoms with E-state index in [4.69, 9.17) is 4.74 Å². The van der Waals surface area contributed by atoms with E-state index in [0.717, 1.165) is 26.3 Å². The maximum Gasteiger partial charge on any atom is 0.0594 e. The molecule has 1 aliphatic heterocycles. The SMILES string of the molecule is CNC(C)(C)CCCN1CCOCC1. The molecule has 0 amide bonds. The molecule has 0 spiro atoms. The normalized spacial score (nSPS) is 19.9. The predicted molar refractivity (Wildman–Crippen MR) is 59.6 cm³/mol. The third-order valence-electron chi connectivity index (χ3n) is 3.06. The van der Waals surface area contributed by atoms with Gasteiger partial charge in [-0.2, -0.15) is 0 Å². The van der Waals surface area contributed by atoms with Crippen molar-refractivity contribution in [3.63, 3.8) is 0 Å². The molecule has 1 aliphatic rings. The Morgan fingerprint density at radius 3 is 2.50 bits per heavy atom. The van der Waals surface area contributed by atoms with Gasteiger partial charge >= 0.3 is 0 Å². The van der Waals surface area contributed by atoms with Crippen molar-refractivity contribution < 1.29 is 4.74 Å². The molecule has 0 aromatic rings. The van der Waals surface area contributed by atoms with Crippen molar-refractivity contribution in [1.82, 2.24) is 10.2 Å². The topological polar surface area (TPSA) is 24.5 Å². The maximum atomic E-state index is 5.31. The minimum atomic E-state index is 0.284. The fourth-order valence-electron chi connectivity index (χ4n) is 1.69. The molecule has 0 aromatic heterocycles. The van der Waals surface area contributed by atoms with Gasteiger partial charge in [0.15, 0.2) is 0 Å². The van der Waals surface area contributed by atoms with Gasteiger partial charge in [0.25, 0.3) is 0 Å². The Kier molecular flexibility index (Phi) is 4.85. The quantitative estimate of drug-likeness (QED) is 0.719. The molecule has 0 saturated carbocycles. The molecular formula is C11H24N2O. The molecule has 1 N–H and O–H groups in total. The van der Waals surface area contributed by atoms with E-state index in [1.54, 1.807) is 0 Å². The summed E-state index contributed by atoms with van der Waals surface area (Å²) in [7, 11) is 2.04. The molecular weight excluding hydrogens is 176 g/mol. The largest absolute Gasteiger partial charge is 0.379 e. The van der Waals surface area contributed by atoms with Crippen LogP contribution < -0.4 is 5.32 Å². The van der Waals surface area contributed by atoms with E-state index in [1.165, 1.54) is 19.4 Å². The van der Waals surface area contributed by atoms with Crippen LogP contribution in [0.3, 0.4) is 0 Å². The Hall–Kier alpha value is -0.120. The fraction of sp³-hybridized carbons (Fsp3) is 1.00. The van der Waals surface area contributed by atoms with Crippen molar-refractivity contribution in [3.05, 3.63) is 0 Å². The predicted octanol–water partition coefficient (Wildman–Crippen LogP) is 1.10. The van der Waals surface area contributed by atoms with Gasteiger partial charge in [-0.1, -0.05) is 0 Å². The average Bonchev–Trinajstić information content (AvgIpc) is 2.19. The van der Waals surface area contributed by atoms with Crippen LogP contribution in [0.4, 0.5) is 0 Å². The van der Waals surface area contributed by atoms with Crippen molar-refractivity contribution in [3.8, 4) is 0 Å². The van der Waals surface area contributed by atoms with Crippen LogP contribution in [0, 0.1) is 0 Å². The van der Waals surface area contributed by atoms with E-state index in [9.17, 15) is 0 Å². The lowest BCUT2D eigenvalue weighted by Crippen LogP contribution is -2.39. The number of nitrogens with zero attached hydrogens (tertiary/aromatic N) is 1. The second-order valence-corrected chi connectivity index (χ2v) is 4.69. The summed E-state index contributed by atoms with van der Waals surface area (Å²) in [6.07, 6.45) is 2.51. The summed E-state index contributed by atoms with van der Waals surface area (Å²) in [5.74, 6) is 0. The number of morpholine rings is 1. The zero-order valence-corrected chi connectivity index (χ0v) is 9.81. The third-order valence-corrected chi connectivity index (χ3v) is 3.06. The average molecular weight is 200 g/mol. The standard InChI is InChI=1S/C11H24N2O/c1-11(2,12-3)5-4-6-13-7-9-14-10-8-13/h12H,4-10H2,1-3H3. The van der Waals surface area contributed by atoms with Crippen LogP contribution in [0.2, 0.25) is 0 Å². The van der Waals surface area contributed by atoms with Crippen LogP contribution in [0.1, 0.15) is 26.7 Å². The van der Waals surface area contributed by atoms with Crippen molar-refractivity contribution >= 4 is 0 Å². The highest BCUT2D eigenvalue weighted by Gasteiger charge is 2.15. The van der Waals surface area contributed by atoms with E-state index < -0.39 is 0 Å². The lowest BCUT2D eigenvalue weighted by atomic mass is 9.99. The molecule has 0 aromatic carbocycles. The van der Waals surface area contributed by atoms with Gasteiger partial charge in [0, 0.05) is 18.6 Å². The van der Waals surface area contributed by atoms with Crippen molar-refractivity contribution in [2.45, 2.75) is 32.2 Å². The van der Waals surface area contributed by atoms with Crippen molar-refractivity contribution in [2.24, 2.45) is 0 Å². The van der Waals surface area contributed by atoms with Gasteiger partial charge in [-0.25, -0.2) is 0 Å². The summed E-state index contributed by atoms with van der Waals surface area (Å²) in [4.78, 5) is 2.50. The van der Waals surface area contributed by atoms with E-state index in [1.807, 2.05) is 7.05 Å². The molecule has 84 valence electrons. The molecule has 0 atom stereocenters. The monoisotopic (exact) mass is 200 g/mol. The van der Waals surface area contributed by atoms with Crippen LogP contribution in [0.15, 0.2) is 0 Å². The first-order chi connectivity index (χ1) is 6.64. The van der Waals surface area contributed by atoms with E-state index in [-0.39, 0.29) is 5.54 Å². The molecule has 1 saturated heterocycles. The molecule has 3 nitrogen and oxygen atoms in total. The van der Waals surface area contributed by atoms with E-state index >= 15 is 0 Å². The summed E-state index contributed by atoms with van der Waals surface area (Å²) < 4.78 is 5.31. The van der Waals surface area contributed by atoms with Gasteiger partial charge < -0.3 is 10.1 Å². The number of hydrogen-bond acceptors (Lipinski definition) is 3. The second kappa shape index (κ2) is 5.69.